The number of piperazine rings is 1. The number of sulfonamides is 1. The lowest BCUT2D eigenvalue weighted by Crippen LogP contribution is -2.51. The van der Waals surface area contributed by atoms with Crippen LogP contribution in [0.4, 0.5) is 8.78 Å². The van der Waals surface area contributed by atoms with Crippen LogP contribution in [0.5, 0.6) is 5.75 Å². The van der Waals surface area contributed by atoms with Crippen molar-refractivity contribution in [3.8, 4) is 5.75 Å². The molecule has 0 spiro atoms. The molecule has 2 heterocycles. The number of rotatable bonds is 6. The molecule has 1 N–H and O–H groups in total. The average Bonchev–Trinajstić information content (AvgIpc) is 3.21. The summed E-state index contributed by atoms with van der Waals surface area (Å²) in [5.74, 6) is -1.63. The van der Waals surface area contributed by atoms with E-state index in [4.69, 9.17) is 4.74 Å². The number of benzene rings is 2. The number of aromatic nitrogens is 2. The molecule has 0 aliphatic carbocycles. The van der Waals surface area contributed by atoms with E-state index in [1.807, 2.05) is 12.1 Å². The minimum Gasteiger partial charge on any atom is -0.497 e. The van der Waals surface area contributed by atoms with Crippen molar-refractivity contribution in [3.63, 3.8) is 0 Å². The number of imidazole rings is 1. The molecule has 8 nitrogen and oxygen atoms in total. The summed E-state index contributed by atoms with van der Waals surface area (Å²) in [5, 5.41) is 0.598. The first-order valence-electron chi connectivity index (χ1n) is 9.67. The molecule has 170 valence electrons. The Morgan fingerprint density at radius 3 is 2.56 bits per heavy atom. The van der Waals surface area contributed by atoms with E-state index in [1.165, 1.54) is 16.1 Å². The van der Waals surface area contributed by atoms with Crippen molar-refractivity contribution < 1.29 is 26.7 Å². The van der Waals surface area contributed by atoms with E-state index in [2.05, 4.69) is 9.97 Å². The zero-order valence-corrected chi connectivity index (χ0v) is 18.7. The molecule has 1 aliphatic rings. The third-order valence-electron chi connectivity index (χ3n) is 5.12. The second-order valence-corrected chi connectivity index (χ2v) is 9.98. The highest BCUT2D eigenvalue weighted by atomic mass is 32.2. The van der Waals surface area contributed by atoms with E-state index < -0.39 is 21.7 Å². The third-order valence-corrected chi connectivity index (χ3v) is 7.87. The number of thioether (sulfide) groups is 1. The molecule has 2 aromatic carbocycles. The van der Waals surface area contributed by atoms with E-state index in [1.54, 1.807) is 18.1 Å². The zero-order valence-electron chi connectivity index (χ0n) is 17.0. The molecule has 1 fully saturated rings. The molecule has 1 aliphatic heterocycles. The lowest BCUT2D eigenvalue weighted by molar-refractivity contribution is -0.129. The van der Waals surface area contributed by atoms with Crippen LogP contribution in [0.25, 0.3) is 11.0 Å². The van der Waals surface area contributed by atoms with Crippen molar-refractivity contribution in [2.24, 2.45) is 0 Å². The van der Waals surface area contributed by atoms with Gasteiger partial charge in [0.05, 0.1) is 28.8 Å². The van der Waals surface area contributed by atoms with Gasteiger partial charge in [0.1, 0.15) is 5.75 Å². The predicted octanol–water partition coefficient (Wildman–Crippen LogP) is 2.47. The fourth-order valence-corrected chi connectivity index (χ4v) is 5.57. The van der Waals surface area contributed by atoms with Crippen molar-refractivity contribution in [1.29, 1.82) is 0 Å². The molecule has 1 saturated heterocycles. The molecule has 0 saturated carbocycles. The number of aromatic amines is 1. The Kier molecular flexibility index (Phi) is 6.35. The smallest absolute Gasteiger partial charge is 0.243 e. The molecule has 1 aromatic heterocycles. The summed E-state index contributed by atoms with van der Waals surface area (Å²) in [6.45, 7) is 0.559. The molecule has 0 bridgehead atoms. The Morgan fingerprint density at radius 2 is 1.88 bits per heavy atom. The first-order chi connectivity index (χ1) is 15.3. The van der Waals surface area contributed by atoms with Gasteiger partial charge < -0.3 is 14.6 Å². The zero-order chi connectivity index (χ0) is 22.9. The number of halogens is 2. The monoisotopic (exact) mass is 482 g/mol. The van der Waals surface area contributed by atoms with Crippen LogP contribution in [0.1, 0.15) is 0 Å². The van der Waals surface area contributed by atoms with Gasteiger partial charge in [-0.1, -0.05) is 11.8 Å². The lowest BCUT2D eigenvalue weighted by atomic mass is 10.3. The van der Waals surface area contributed by atoms with Crippen molar-refractivity contribution in [3.05, 3.63) is 48.0 Å². The molecule has 1 amide bonds. The Morgan fingerprint density at radius 1 is 1.12 bits per heavy atom. The standard InChI is InChI=1S/C20H20F2N4O4S2/c1-30-13-2-5-17-18(10-13)24-20(23-17)31-12-19(27)25-6-8-26(9-7-25)32(28,29)14-3-4-15(21)16(22)11-14/h2-5,10-11H,6-9,12H2,1H3,(H,23,24). The van der Waals surface area contributed by atoms with Crippen LogP contribution in [0, 0.1) is 11.6 Å². The SMILES string of the molecule is COc1ccc2nc(SCC(=O)N3CCN(S(=O)(=O)c4ccc(F)c(F)c4)CC3)[nH]c2c1. The molecule has 12 heteroatoms. The lowest BCUT2D eigenvalue weighted by Gasteiger charge is -2.34. The quantitative estimate of drug-likeness (QED) is 0.543. The van der Waals surface area contributed by atoms with E-state index in [0.29, 0.717) is 17.0 Å². The highest BCUT2D eigenvalue weighted by Gasteiger charge is 2.30. The Balaban J connectivity index is 1.33. The van der Waals surface area contributed by atoms with Gasteiger partial charge in [-0.25, -0.2) is 22.2 Å². The highest BCUT2D eigenvalue weighted by molar-refractivity contribution is 7.99. The maximum atomic E-state index is 13.4. The van der Waals surface area contributed by atoms with Crippen LogP contribution in [0.2, 0.25) is 0 Å². The van der Waals surface area contributed by atoms with Gasteiger partial charge in [-0.2, -0.15) is 4.31 Å². The summed E-state index contributed by atoms with van der Waals surface area (Å²) in [6.07, 6.45) is 0. The van der Waals surface area contributed by atoms with Gasteiger partial charge in [0.25, 0.3) is 0 Å². The van der Waals surface area contributed by atoms with Crippen LogP contribution in [-0.2, 0) is 14.8 Å². The number of ether oxygens (including phenoxy) is 1. The minimum absolute atomic E-state index is 0.0716. The van der Waals surface area contributed by atoms with Crippen molar-refractivity contribution >= 4 is 38.7 Å². The van der Waals surface area contributed by atoms with Crippen molar-refractivity contribution in [2.45, 2.75) is 10.1 Å². The van der Waals surface area contributed by atoms with Crippen LogP contribution in [-0.4, -0.2) is 72.5 Å². The van der Waals surface area contributed by atoms with Crippen LogP contribution in [0.3, 0.4) is 0 Å². The fraction of sp³-hybridized carbons (Fsp3) is 0.300. The maximum absolute atomic E-state index is 13.4. The number of carbonyl (C=O) groups excluding carboxylic acids is 1. The van der Waals surface area contributed by atoms with Crippen LogP contribution in [0.15, 0.2) is 46.5 Å². The topological polar surface area (TPSA) is 95.6 Å². The molecular formula is C20H20F2N4O4S2. The molecule has 4 rings (SSSR count). The molecular weight excluding hydrogens is 462 g/mol. The van der Waals surface area contributed by atoms with E-state index >= 15 is 0 Å². The number of fused-ring (bicyclic) bond motifs is 1. The normalized spacial score (nSPS) is 15.3. The number of nitrogens with zero attached hydrogens (tertiary/aromatic N) is 3. The molecule has 3 aromatic rings. The molecule has 0 unspecified atom stereocenters. The van der Waals surface area contributed by atoms with E-state index in [9.17, 15) is 22.0 Å². The van der Waals surface area contributed by atoms with Gasteiger partial charge in [-0.05, 0) is 30.3 Å². The van der Waals surface area contributed by atoms with Crippen molar-refractivity contribution in [2.75, 3.05) is 39.0 Å². The average molecular weight is 483 g/mol. The van der Waals surface area contributed by atoms with Crippen LogP contribution < -0.4 is 4.74 Å². The van der Waals surface area contributed by atoms with E-state index in [0.717, 1.165) is 23.2 Å². The fourth-order valence-electron chi connectivity index (χ4n) is 3.35. The largest absolute Gasteiger partial charge is 0.497 e. The summed E-state index contributed by atoms with van der Waals surface area (Å²) in [7, 11) is -2.39. The van der Waals surface area contributed by atoms with Gasteiger partial charge in [0, 0.05) is 32.2 Å². The van der Waals surface area contributed by atoms with E-state index in [-0.39, 0.29) is 42.7 Å². The second kappa shape index (κ2) is 9.04. The molecule has 32 heavy (non-hydrogen) atoms. The summed E-state index contributed by atoms with van der Waals surface area (Å²) in [6, 6.07) is 7.93. The number of H-pyrrole nitrogens is 1. The summed E-state index contributed by atoms with van der Waals surface area (Å²) in [5.41, 5.74) is 1.56. The number of hydrogen-bond donors (Lipinski definition) is 1. The number of amides is 1. The second-order valence-electron chi connectivity index (χ2n) is 7.07. The highest BCUT2D eigenvalue weighted by Crippen LogP contribution is 2.24. The van der Waals surface area contributed by atoms with Crippen LogP contribution >= 0.6 is 11.8 Å². The Bertz CT molecular complexity index is 1260. The number of methoxy groups -OCH3 is 1. The molecule has 0 radical (unpaired) electrons. The minimum atomic E-state index is -3.97. The molecule has 0 atom stereocenters. The van der Waals surface area contributed by atoms with Gasteiger partial charge in [-0.15, -0.1) is 0 Å². The summed E-state index contributed by atoms with van der Waals surface area (Å²) in [4.78, 5) is 21.4. The van der Waals surface area contributed by atoms with Gasteiger partial charge in [0.2, 0.25) is 15.9 Å². The maximum Gasteiger partial charge on any atom is 0.243 e. The first-order valence-corrected chi connectivity index (χ1v) is 12.1. The third kappa shape index (κ3) is 4.57. The van der Waals surface area contributed by atoms with Crippen molar-refractivity contribution in [1.82, 2.24) is 19.2 Å². The number of nitrogens with one attached hydrogen (secondary N) is 1. The Labute approximate surface area is 187 Å². The van der Waals surface area contributed by atoms with Gasteiger partial charge in [0.15, 0.2) is 16.8 Å². The number of carbonyl (C=O) groups is 1. The van der Waals surface area contributed by atoms with Gasteiger partial charge in [-0.3, -0.25) is 4.79 Å². The predicted molar refractivity (Wildman–Crippen MR) is 115 cm³/mol. The summed E-state index contributed by atoms with van der Waals surface area (Å²) >= 11 is 1.26. The first kappa shape index (κ1) is 22.5. The Hall–Kier alpha value is -2.70. The summed E-state index contributed by atoms with van der Waals surface area (Å²) < 4.78 is 58.3. The van der Waals surface area contributed by atoms with Gasteiger partial charge >= 0.3 is 0 Å². The number of hydrogen-bond acceptors (Lipinski definition) is 6.